The van der Waals surface area contributed by atoms with Crippen LogP contribution in [0.2, 0.25) is 0 Å². The summed E-state index contributed by atoms with van der Waals surface area (Å²) in [5.41, 5.74) is 1.69. The molecule has 2 aromatic rings. The highest BCUT2D eigenvalue weighted by atomic mass is 32.2. The van der Waals surface area contributed by atoms with E-state index in [1.807, 2.05) is 4.90 Å². The Hall–Kier alpha value is -1.86. The number of carbonyl (C=O) groups excluding carboxylic acids is 2. The van der Waals surface area contributed by atoms with Crippen LogP contribution in [0.1, 0.15) is 26.5 Å². The minimum Gasteiger partial charge on any atom is -0.368 e. The zero-order chi connectivity index (χ0) is 17.4. The third-order valence-electron chi connectivity index (χ3n) is 4.53. The van der Waals surface area contributed by atoms with Gasteiger partial charge < -0.3 is 9.80 Å². The Morgan fingerprint density at radius 1 is 1.08 bits per heavy atom. The summed E-state index contributed by atoms with van der Waals surface area (Å²) in [6.45, 7) is 2.69. The molecule has 1 saturated heterocycles. The minimum atomic E-state index is -0.244. The van der Waals surface area contributed by atoms with Gasteiger partial charge in [0.05, 0.1) is 9.09 Å². The Labute approximate surface area is 153 Å². The van der Waals surface area contributed by atoms with Gasteiger partial charge >= 0.3 is 0 Å². The predicted molar refractivity (Wildman–Crippen MR) is 98.5 cm³/mol. The van der Waals surface area contributed by atoms with Gasteiger partial charge in [-0.3, -0.25) is 9.59 Å². The Morgan fingerprint density at radius 3 is 2.48 bits per heavy atom. The number of benzene rings is 1. The lowest BCUT2D eigenvalue weighted by molar-refractivity contribution is 0.0751. The number of carbonyl (C=O) groups is 2. The van der Waals surface area contributed by atoms with E-state index in [0.29, 0.717) is 24.4 Å². The van der Waals surface area contributed by atoms with Crippen LogP contribution in [-0.2, 0) is 0 Å². The fourth-order valence-corrected chi connectivity index (χ4v) is 5.56. The van der Waals surface area contributed by atoms with E-state index in [0.717, 1.165) is 34.3 Å². The zero-order valence-electron chi connectivity index (χ0n) is 13.5. The van der Waals surface area contributed by atoms with Crippen LogP contribution in [0.4, 0.5) is 10.1 Å². The number of hydrogen-bond acceptors (Lipinski definition) is 5. The Morgan fingerprint density at radius 2 is 1.80 bits per heavy atom. The fourth-order valence-electron chi connectivity index (χ4n) is 3.13. The van der Waals surface area contributed by atoms with Crippen LogP contribution in [0.5, 0.6) is 0 Å². The van der Waals surface area contributed by atoms with Crippen molar-refractivity contribution in [1.29, 1.82) is 0 Å². The van der Waals surface area contributed by atoms with Crippen molar-refractivity contribution in [2.45, 2.75) is 10.6 Å². The molecule has 0 radical (unpaired) electrons. The molecule has 0 unspecified atom stereocenters. The van der Waals surface area contributed by atoms with Crippen LogP contribution in [0, 0.1) is 5.82 Å². The molecular formula is C18H17FN2O2S2. The van der Waals surface area contributed by atoms with Gasteiger partial charge in [-0.1, -0.05) is 0 Å². The first-order valence-electron chi connectivity index (χ1n) is 8.21. The van der Waals surface area contributed by atoms with Gasteiger partial charge in [0.2, 0.25) is 0 Å². The van der Waals surface area contributed by atoms with E-state index < -0.39 is 0 Å². The molecule has 25 heavy (non-hydrogen) atoms. The second-order valence-electron chi connectivity index (χ2n) is 6.09. The van der Waals surface area contributed by atoms with Gasteiger partial charge in [0.15, 0.2) is 5.78 Å². The number of rotatable bonds is 2. The van der Waals surface area contributed by atoms with E-state index in [-0.39, 0.29) is 17.5 Å². The maximum absolute atomic E-state index is 13.0. The molecule has 1 aromatic carbocycles. The first-order chi connectivity index (χ1) is 12.1. The number of amides is 1. The lowest BCUT2D eigenvalue weighted by Crippen LogP contribution is -2.48. The molecule has 0 bridgehead atoms. The fraction of sp³-hybridized carbons (Fsp3) is 0.333. The second kappa shape index (κ2) is 6.80. The molecule has 0 saturated carbocycles. The normalized spacial score (nSPS) is 17.6. The number of thioether (sulfide) groups is 1. The summed E-state index contributed by atoms with van der Waals surface area (Å²) in [6, 6.07) is 8.21. The maximum Gasteiger partial charge on any atom is 0.264 e. The standard InChI is InChI=1S/C18H17FN2O2S2/c19-12-1-3-13(4-2-12)20-6-8-21(9-7-20)17(23)16-11-14-15(22)5-10-24-18(14)25-16/h1-4,11H,5-10H2. The van der Waals surface area contributed by atoms with Gasteiger partial charge in [-0.2, -0.15) is 0 Å². The van der Waals surface area contributed by atoms with Crippen molar-refractivity contribution in [3.63, 3.8) is 0 Å². The van der Waals surface area contributed by atoms with Crippen LogP contribution < -0.4 is 4.90 Å². The van der Waals surface area contributed by atoms with Gasteiger partial charge in [0.1, 0.15) is 5.82 Å². The van der Waals surface area contributed by atoms with E-state index in [2.05, 4.69) is 4.90 Å². The average Bonchev–Trinajstić information content (AvgIpc) is 3.08. The van der Waals surface area contributed by atoms with E-state index in [4.69, 9.17) is 0 Å². The lowest BCUT2D eigenvalue weighted by Gasteiger charge is -2.36. The van der Waals surface area contributed by atoms with Gasteiger partial charge in [0, 0.05) is 49.6 Å². The Kier molecular flexibility index (Phi) is 4.52. The van der Waals surface area contributed by atoms with Crippen molar-refractivity contribution in [2.75, 3.05) is 36.8 Å². The molecule has 1 amide bonds. The molecule has 3 heterocycles. The van der Waals surface area contributed by atoms with E-state index in [9.17, 15) is 14.0 Å². The van der Waals surface area contributed by atoms with E-state index in [1.165, 1.54) is 23.5 Å². The molecule has 4 rings (SSSR count). The van der Waals surface area contributed by atoms with Crippen LogP contribution in [0.15, 0.2) is 34.5 Å². The highest BCUT2D eigenvalue weighted by Crippen LogP contribution is 2.37. The average molecular weight is 376 g/mol. The second-order valence-corrected chi connectivity index (χ2v) is 8.50. The number of ketones is 1. The van der Waals surface area contributed by atoms with Crippen molar-refractivity contribution in [3.05, 3.63) is 46.6 Å². The van der Waals surface area contributed by atoms with Crippen LogP contribution in [0.3, 0.4) is 0 Å². The molecule has 130 valence electrons. The summed E-state index contributed by atoms with van der Waals surface area (Å²) in [5, 5.41) is 0. The molecule has 0 aliphatic carbocycles. The number of anilines is 1. The molecule has 7 heteroatoms. The molecule has 1 fully saturated rings. The predicted octanol–water partition coefficient (Wildman–Crippen LogP) is 3.53. The largest absolute Gasteiger partial charge is 0.368 e. The van der Waals surface area contributed by atoms with Gasteiger partial charge in [-0.25, -0.2) is 4.39 Å². The molecule has 0 N–H and O–H groups in total. The van der Waals surface area contributed by atoms with Crippen molar-refractivity contribution in [2.24, 2.45) is 0 Å². The van der Waals surface area contributed by atoms with Crippen LogP contribution in [-0.4, -0.2) is 48.5 Å². The number of piperazine rings is 1. The summed E-state index contributed by atoms with van der Waals surface area (Å²) in [4.78, 5) is 29.4. The van der Waals surface area contributed by atoms with E-state index in [1.54, 1.807) is 30.0 Å². The zero-order valence-corrected chi connectivity index (χ0v) is 15.2. The summed E-state index contributed by atoms with van der Waals surface area (Å²) in [7, 11) is 0. The van der Waals surface area contributed by atoms with Crippen molar-refractivity contribution in [3.8, 4) is 0 Å². The maximum atomic E-state index is 13.0. The van der Waals surface area contributed by atoms with E-state index >= 15 is 0 Å². The molecule has 0 spiro atoms. The van der Waals surface area contributed by atoms with Crippen molar-refractivity contribution in [1.82, 2.24) is 4.90 Å². The molecule has 2 aliphatic heterocycles. The Balaban J connectivity index is 1.43. The molecule has 4 nitrogen and oxygen atoms in total. The topological polar surface area (TPSA) is 40.6 Å². The van der Waals surface area contributed by atoms with Crippen LogP contribution in [0.25, 0.3) is 0 Å². The number of halogens is 1. The first kappa shape index (κ1) is 16.6. The van der Waals surface area contributed by atoms with Crippen molar-refractivity contribution >= 4 is 40.5 Å². The van der Waals surface area contributed by atoms with Crippen LogP contribution >= 0.6 is 23.1 Å². The SMILES string of the molecule is O=C1CCSc2sc(C(=O)N3CCN(c4ccc(F)cc4)CC3)cc21. The number of hydrogen-bond donors (Lipinski definition) is 0. The van der Waals surface area contributed by atoms with Gasteiger partial charge in [0.25, 0.3) is 5.91 Å². The van der Waals surface area contributed by atoms with Gasteiger partial charge in [-0.05, 0) is 30.3 Å². The van der Waals surface area contributed by atoms with Gasteiger partial charge in [-0.15, -0.1) is 23.1 Å². The number of fused-ring (bicyclic) bond motifs is 1. The molecule has 1 aromatic heterocycles. The smallest absolute Gasteiger partial charge is 0.264 e. The number of thiophene rings is 1. The number of Topliss-reactive ketones (excluding diaryl/α,β-unsaturated/α-hetero) is 1. The summed E-state index contributed by atoms with van der Waals surface area (Å²) < 4.78 is 14.0. The lowest BCUT2D eigenvalue weighted by atomic mass is 10.1. The third-order valence-corrected chi connectivity index (χ3v) is 6.94. The first-order valence-corrected chi connectivity index (χ1v) is 10.0. The summed E-state index contributed by atoms with van der Waals surface area (Å²) >= 11 is 3.10. The minimum absolute atomic E-state index is 0.00607. The molecule has 2 aliphatic rings. The molecular weight excluding hydrogens is 359 g/mol. The Bertz CT molecular complexity index is 811. The highest BCUT2D eigenvalue weighted by Gasteiger charge is 2.27. The summed E-state index contributed by atoms with van der Waals surface area (Å²) in [6.07, 6.45) is 0.554. The highest BCUT2D eigenvalue weighted by molar-refractivity contribution is 8.01. The quantitative estimate of drug-likeness (QED) is 0.804. The monoisotopic (exact) mass is 376 g/mol. The number of nitrogens with zero attached hydrogens (tertiary/aromatic N) is 2. The molecule has 0 atom stereocenters. The third kappa shape index (κ3) is 3.30. The van der Waals surface area contributed by atoms with Crippen molar-refractivity contribution < 1.29 is 14.0 Å². The summed E-state index contributed by atoms with van der Waals surface area (Å²) in [5.74, 6) is 0.708.